The molecule has 0 spiro atoms. The van der Waals surface area contributed by atoms with E-state index in [1.165, 1.54) is 0 Å². The van der Waals surface area contributed by atoms with Gasteiger partial charge in [0.25, 0.3) is 5.69 Å². The molecule has 0 fully saturated rings. The van der Waals surface area contributed by atoms with Crippen LogP contribution < -0.4 is 0 Å². The second kappa shape index (κ2) is 5.74. The highest BCUT2D eigenvalue weighted by Crippen LogP contribution is 2.37. The van der Waals surface area contributed by atoms with E-state index in [2.05, 4.69) is 0 Å². The van der Waals surface area contributed by atoms with Crippen LogP contribution in [-0.4, -0.2) is 28.2 Å². The van der Waals surface area contributed by atoms with Gasteiger partial charge in [-0.25, -0.2) is 0 Å². The van der Waals surface area contributed by atoms with Crippen LogP contribution in [0.1, 0.15) is 5.56 Å². The fourth-order valence-electron chi connectivity index (χ4n) is 1.11. The maximum atomic E-state index is 12.5. The van der Waals surface area contributed by atoms with Gasteiger partial charge in [-0.1, -0.05) is 24.0 Å². The molecular weight excluding hydrogens is 301 g/mol. The first-order valence-electron chi connectivity index (χ1n) is 4.87. The quantitative estimate of drug-likeness (QED) is 0.362. The monoisotopic (exact) mass is 310 g/mol. The summed E-state index contributed by atoms with van der Waals surface area (Å²) in [5, 5.41) is 10.8. The van der Waals surface area contributed by atoms with Gasteiger partial charge in [0.05, 0.1) is 15.4 Å². The van der Waals surface area contributed by atoms with Crippen molar-refractivity contribution in [1.29, 1.82) is 0 Å². The second-order valence-corrected chi connectivity index (χ2v) is 5.38. The van der Waals surface area contributed by atoms with E-state index in [9.17, 15) is 23.3 Å². The van der Waals surface area contributed by atoms with Crippen molar-refractivity contribution in [3.63, 3.8) is 0 Å². The lowest BCUT2D eigenvalue weighted by Crippen LogP contribution is -2.16. The van der Waals surface area contributed by atoms with Gasteiger partial charge in [-0.2, -0.15) is 13.2 Å². The van der Waals surface area contributed by atoms with Crippen molar-refractivity contribution in [3.05, 3.63) is 33.9 Å². The van der Waals surface area contributed by atoms with Crippen LogP contribution in [0.15, 0.2) is 23.1 Å². The molecule has 0 aliphatic rings. The van der Waals surface area contributed by atoms with Crippen molar-refractivity contribution < 1.29 is 18.1 Å². The van der Waals surface area contributed by atoms with Gasteiger partial charge in [0.15, 0.2) is 0 Å². The molecule has 0 radical (unpaired) electrons. The number of thioether (sulfide) groups is 1. The number of hydrogen-bond acceptors (Lipinski definition) is 4. The minimum Gasteiger partial charge on any atom is -0.363 e. The van der Waals surface area contributed by atoms with E-state index < -0.39 is 22.4 Å². The topological polar surface area (TPSA) is 46.4 Å². The van der Waals surface area contributed by atoms with Crippen LogP contribution in [0.5, 0.6) is 0 Å². The predicted octanol–water partition coefficient (Wildman–Crippen LogP) is 3.55. The molecule has 0 aromatic heterocycles. The smallest absolute Gasteiger partial charge is 0.363 e. The molecule has 19 heavy (non-hydrogen) atoms. The highest BCUT2D eigenvalue weighted by atomic mass is 32.2. The van der Waals surface area contributed by atoms with Gasteiger partial charge in [-0.05, 0) is 12.1 Å². The molecule has 1 aromatic rings. The molecule has 1 rings (SSSR count). The fourth-order valence-corrected chi connectivity index (χ4v) is 2.12. The summed E-state index contributed by atoms with van der Waals surface area (Å²) in [6.07, 6.45) is -4.62. The van der Waals surface area contributed by atoms with Crippen LogP contribution in [0, 0.1) is 10.1 Å². The number of halogens is 3. The van der Waals surface area contributed by atoms with Crippen LogP contribution in [0.4, 0.5) is 18.9 Å². The highest BCUT2D eigenvalue weighted by molar-refractivity contribution is 8.23. The van der Waals surface area contributed by atoms with E-state index in [0.717, 1.165) is 23.9 Å². The Balaban J connectivity index is 3.20. The summed E-state index contributed by atoms with van der Waals surface area (Å²) < 4.78 is 37.8. The average molecular weight is 310 g/mol. The lowest BCUT2D eigenvalue weighted by Gasteiger charge is -2.13. The summed E-state index contributed by atoms with van der Waals surface area (Å²) in [5.41, 5.74) is -1.66. The molecule has 0 bridgehead atoms. The molecule has 1 aromatic carbocycles. The molecule has 0 aliphatic carbocycles. The minimum absolute atomic E-state index is 0.0803. The largest absolute Gasteiger partial charge is 0.416 e. The first-order valence-corrected chi connectivity index (χ1v) is 6.10. The first-order chi connectivity index (χ1) is 8.62. The van der Waals surface area contributed by atoms with Crippen LogP contribution in [-0.2, 0) is 6.18 Å². The average Bonchev–Trinajstić information content (AvgIpc) is 2.27. The van der Waals surface area contributed by atoms with Crippen LogP contribution >= 0.6 is 24.0 Å². The third kappa shape index (κ3) is 4.06. The summed E-state index contributed by atoms with van der Waals surface area (Å²) in [4.78, 5) is 11.6. The lowest BCUT2D eigenvalue weighted by molar-refractivity contribution is -0.388. The van der Waals surface area contributed by atoms with Crippen LogP contribution in [0.3, 0.4) is 0 Å². The second-order valence-electron chi connectivity index (χ2n) is 3.70. The molecule has 0 saturated heterocycles. The van der Waals surface area contributed by atoms with Gasteiger partial charge < -0.3 is 4.90 Å². The zero-order chi connectivity index (χ0) is 14.8. The van der Waals surface area contributed by atoms with Crippen molar-refractivity contribution in [2.75, 3.05) is 14.1 Å². The van der Waals surface area contributed by atoms with E-state index in [4.69, 9.17) is 12.2 Å². The third-order valence-electron chi connectivity index (χ3n) is 2.05. The van der Waals surface area contributed by atoms with E-state index in [0.29, 0.717) is 10.4 Å². The Morgan fingerprint density at radius 2 is 2.00 bits per heavy atom. The third-order valence-corrected chi connectivity index (χ3v) is 3.77. The molecule has 104 valence electrons. The lowest BCUT2D eigenvalue weighted by atomic mass is 10.2. The number of thiocarbonyl (C=S) groups is 1. The zero-order valence-corrected chi connectivity index (χ0v) is 11.5. The summed E-state index contributed by atoms with van der Waals surface area (Å²) >= 11 is 5.83. The molecule has 0 saturated carbocycles. The fraction of sp³-hybridized carbons (Fsp3) is 0.300. The van der Waals surface area contributed by atoms with Gasteiger partial charge in [0, 0.05) is 20.2 Å². The number of benzene rings is 1. The molecular formula is C10H9F3N2O2S2. The number of alkyl halides is 3. The molecule has 0 aliphatic heterocycles. The van der Waals surface area contributed by atoms with Crippen molar-refractivity contribution in [1.82, 2.24) is 4.90 Å². The maximum absolute atomic E-state index is 12.5. The first kappa shape index (κ1) is 15.7. The number of rotatable bonds is 2. The molecule has 0 heterocycles. The summed E-state index contributed by atoms with van der Waals surface area (Å²) in [6.45, 7) is 0. The molecule has 4 nitrogen and oxygen atoms in total. The molecule has 0 unspecified atom stereocenters. The Morgan fingerprint density at radius 3 is 2.42 bits per heavy atom. The van der Waals surface area contributed by atoms with Gasteiger partial charge in [0.1, 0.15) is 4.32 Å². The van der Waals surface area contributed by atoms with Crippen LogP contribution in [0.25, 0.3) is 0 Å². The van der Waals surface area contributed by atoms with E-state index in [1.807, 2.05) is 0 Å². The number of nitro benzene ring substituents is 1. The predicted molar refractivity (Wildman–Crippen MR) is 70.2 cm³/mol. The van der Waals surface area contributed by atoms with E-state index in [-0.39, 0.29) is 4.90 Å². The Labute approximate surface area is 116 Å². The van der Waals surface area contributed by atoms with Crippen molar-refractivity contribution >= 4 is 34.0 Å². The molecule has 0 amide bonds. The van der Waals surface area contributed by atoms with Gasteiger partial charge >= 0.3 is 6.18 Å². The summed E-state index contributed by atoms with van der Waals surface area (Å²) in [6, 6.07) is 2.37. The van der Waals surface area contributed by atoms with Crippen LogP contribution in [0.2, 0.25) is 0 Å². The number of nitrogens with zero attached hydrogens (tertiary/aromatic N) is 2. The number of hydrogen-bond donors (Lipinski definition) is 0. The number of nitro groups is 1. The van der Waals surface area contributed by atoms with E-state index in [1.54, 1.807) is 19.0 Å². The van der Waals surface area contributed by atoms with E-state index >= 15 is 0 Å². The molecule has 0 N–H and O–H groups in total. The minimum atomic E-state index is -4.62. The maximum Gasteiger partial charge on any atom is 0.416 e. The highest BCUT2D eigenvalue weighted by Gasteiger charge is 2.33. The Hall–Kier alpha value is -1.35. The standard InChI is InChI=1S/C10H9F3N2O2S2/c1-14(2)9(18)19-8-4-3-6(10(11,12)13)5-7(8)15(16)17/h3-5H,1-2H3. The van der Waals surface area contributed by atoms with Crippen molar-refractivity contribution in [2.45, 2.75) is 11.1 Å². The van der Waals surface area contributed by atoms with Crippen molar-refractivity contribution in [3.8, 4) is 0 Å². The van der Waals surface area contributed by atoms with Crippen molar-refractivity contribution in [2.24, 2.45) is 0 Å². The van der Waals surface area contributed by atoms with Gasteiger partial charge in [0.2, 0.25) is 0 Å². The normalized spacial score (nSPS) is 11.2. The Morgan fingerprint density at radius 1 is 1.42 bits per heavy atom. The molecule has 0 atom stereocenters. The van der Waals surface area contributed by atoms with Gasteiger partial charge in [-0.3, -0.25) is 10.1 Å². The SMILES string of the molecule is CN(C)C(=S)Sc1ccc(C(F)(F)F)cc1[N+](=O)[O-]. The zero-order valence-electron chi connectivity index (χ0n) is 9.89. The molecule has 9 heteroatoms. The van der Waals surface area contributed by atoms with Gasteiger partial charge in [-0.15, -0.1) is 0 Å². The summed E-state index contributed by atoms with van der Waals surface area (Å²) in [5.74, 6) is 0. The Bertz CT molecular complexity index is 518. The summed E-state index contributed by atoms with van der Waals surface area (Å²) in [7, 11) is 3.29. The Kier molecular flexibility index (Phi) is 4.75.